The molecule has 2 aliphatic rings. The number of hydrogen-bond donors (Lipinski definition) is 2. The molecular weight excluding hydrogens is 596 g/mol. The SMILES string of the molecule is CC(C)N1CCCN(c2nc(-c3ccc(NC(=O)Nc4ccc(C(=O)N(C)CCN(C)C)cc4)cc3)nc(N3CCOCC3)n2)CC1. The number of anilines is 4. The van der Waals surface area contributed by atoms with Crippen molar-refractivity contribution in [2.75, 3.05) is 107 Å². The molecule has 0 bridgehead atoms. The van der Waals surface area contributed by atoms with Crippen LogP contribution in [0.3, 0.4) is 0 Å². The molecule has 3 heterocycles. The van der Waals surface area contributed by atoms with Crippen LogP contribution in [0.25, 0.3) is 11.4 Å². The highest BCUT2D eigenvalue weighted by Crippen LogP contribution is 2.25. The Morgan fingerprint density at radius 2 is 1.36 bits per heavy atom. The van der Waals surface area contributed by atoms with Gasteiger partial charge >= 0.3 is 6.03 Å². The standard InChI is InChI=1S/C34H48N10O3/c1-25(2)42-15-6-16-43(20-19-42)32-37-30(38-33(39-32)44-21-23-47-24-22-44)26-7-11-28(12-8-26)35-34(46)36-29-13-9-27(10-14-29)31(45)41(5)18-17-40(3)4/h7-14,25H,6,15-24H2,1-5H3,(H2,35,36,46). The van der Waals surface area contributed by atoms with Crippen LogP contribution in [0.4, 0.5) is 28.1 Å². The minimum absolute atomic E-state index is 0.0606. The fourth-order valence-electron chi connectivity index (χ4n) is 5.55. The fourth-order valence-corrected chi connectivity index (χ4v) is 5.55. The summed E-state index contributed by atoms with van der Waals surface area (Å²) < 4.78 is 5.57. The van der Waals surface area contributed by atoms with E-state index in [1.807, 2.05) is 43.3 Å². The quantitative estimate of drug-likeness (QED) is 0.339. The van der Waals surface area contributed by atoms with Crippen LogP contribution in [0.1, 0.15) is 30.6 Å². The molecule has 13 heteroatoms. The van der Waals surface area contributed by atoms with Gasteiger partial charge in [0, 0.05) is 87.9 Å². The molecule has 5 rings (SSSR count). The highest BCUT2D eigenvalue weighted by atomic mass is 16.5. The van der Waals surface area contributed by atoms with Gasteiger partial charge < -0.3 is 35.0 Å². The number of carbonyl (C=O) groups is 2. The first-order valence-corrected chi connectivity index (χ1v) is 16.4. The molecule has 0 atom stereocenters. The topological polar surface area (TPSA) is 122 Å². The van der Waals surface area contributed by atoms with Gasteiger partial charge in [0.05, 0.1) is 13.2 Å². The Kier molecular flexibility index (Phi) is 11.6. The highest BCUT2D eigenvalue weighted by Gasteiger charge is 2.23. The van der Waals surface area contributed by atoms with E-state index in [0.717, 1.165) is 57.8 Å². The van der Waals surface area contributed by atoms with Gasteiger partial charge in [0.15, 0.2) is 5.82 Å². The maximum Gasteiger partial charge on any atom is 0.323 e. The van der Waals surface area contributed by atoms with Crippen LogP contribution in [-0.2, 0) is 4.74 Å². The first kappa shape index (κ1) is 34.0. The van der Waals surface area contributed by atoms with Crippen molar-refractivity contribution < 1.29 is 14.3 Å². The molecule has 3 aromatic rings. The summed E-state index contributed by atoms with van der Waals surface area (Å²) in [5.41, 5.74) is 2.62. The van der Waals surface area contributed by atoms with Crippen molar-refractivity contribution in [2.45, 2.75) is 26.3 Å². The van der Waals surface area contributed by atoms with Gasteiger partial charge in [-0.2, -0.15) is 15.0 Å². The van der Waals surface area contributed by atoms with Crippen molar-refractivity contribution in [3.8, 4) is 11.4 Å². The van der Waals surface area contributed by atoms with Crippen molar-refractivity contribution in [1.82, 2.24) is 29.7 Å². The zero-order valence-corrected chi connectivity index (χ0v) is 28.3. The number of aromatic nitrogens is 3. The van der Waals surface area contributed by atoms with E-state index in [4.69, 9.17) is 19.7 Å². The lowest BCUT2D eigenvalue weighted by atomic mass is 10.2. The van der Waals surface area contributed by atoms with Crippen LogP contribution in [0.2, 0.25) is 0 Å². The average Bonchev–Trinajstić information content (AvgIpc) is 3.35. The molecule has 0 aliphatic carbocycles. The summed E-state index contributed by atoms with van der Waals surface area (Å²) in [6.07, 6.45) is 1.05. The van der Waals surface area contributed by atoms with Crippen molar-refractivity contribution in [3.63, 3.8) is 0 Å². The normalized spacial score (nSPS) is 15.9. The van der Waals surface area contributed by atoms with Crippen LogP contribution in [-0.4, -0.2) is 134 Å². The predicted molar refractivity (Wildman–Crippen MR) is 186 cm³/mol. The van der Waals surface area contributed by atoms with E-state index >= 15 is 0 Å². The lowest BCUT2D eigenvalue weighted by molar-refractivity contribution is 0.0786. The number of benzene rings is 2. The maximum absolute atomic E-state index is 12.8. The molecule has 3 amide bonds. The second kappa shape index (κ2) is 16.0. The van der Waals surface area contributed by atoms with Gasteiger partial charge in [-0.3, -0.25) is 9.69 Å². The molecule has 2 aromatic carbocycles. The molecular formula is C34H48N10O3. The minimum Gasteiger partial charge on any atom is -0.378 e. The molecule has 2 saturated heterocycles. The second-order valence-electron chi connectivity index (χ2n) is 12.6. The molecule has 2 N–H and O–H groups in total. The first-order valence-electron chi connectivity index (χ1n) is 16.4. The maximum atomic E-state index is 12.8. The van der Waals surface area contributed by atoms with Gasteiger partial charge in [0.1, 0.15) is 0 Å². The van der Waals surface area contributed by atoms with Crippen molar-refractivity contribution in [3.05, 3.63) is 54.1 Å². The number of nitrogens with one attached hydrogen (secondary N) is 2. The molecule has 2 aliphatic heterocycles. The average molecular weight is 645 g/mol. The summed E-state index contributed by atoms with van der Waals surface area (Å²) in [5, 5.41) is 5.72. The van der Waals surface area contributed by atoms with Crippen LogP contribution in [0, 0.1) is 0 Å². The molecule has 13 nitrogen and oxygen atoms in total. The van der Waals surface area contributed by atoms with E-state index in [2.05, 4.69) is 39.2 Å². The minimum atomic E-state index is -0.381. The number of rotatable bonds is 10. The van der Waals surface area contributed by atoms with Crippen molar-refractivity contribution in [1.29, 1.82) is 0 Å². The Morgan fingerprint density at radius 3 is 1.96 bits per heavy atom. The smallest absolute Gasteiger partial charge is 0.323 e. The van der Waals surface area contributed by atoms with Gasteiger partial charge in [-0.05, 0) is 82.9 Å². The van der Waals surface area contributed by atoms with Gasteiger partial charge in [0.25, 0.3) is 5.91 Å². The number of ether oxygens (including phenoxy) is 1. The van der Waals surface area contributed by atoms with Crippen LogP contribution >= 0.6 is 0 Å². The summed E-state index contributed by atoms with van der Waals surface area (Å²) in [6, 6.07) is 14.5. The Balaban J connectivity index is 1.25. The third-order valence-corrected chi connectivity index (χ3v) is 8.47. The van der Waals surface area contributed by atoms with Gasteiger partial charge in [-0.25, -0.2) is 4.79 Å². The summed E-state index contributed by atoms with van der Waals surface area (Å²) in [7, 11) is 5.74. The molecule has 47 heavy (non-hydrogen) atoms. The lowest BCUT2D eigenvalue weighted by Crippen LogP contribution is -2.38. The Labute approximate surface area is 277 Å². The van der Waals surface area contributed by atoms with Crippen LogP contribution in [0.5, 0.6) is 0 Å². The van der Waals surface area contributed by atoms with E-state index < -0.39 is 0 Å². The van der Waals surface area contributed by atoms with Crippen LogP contribution < -0.4 is 20.4 Å². The molecule has 0 unspecified atom stereocenters. The summed E-state index contributed by atoms with van der Waals surface area (Å²) in [4.78, 5) is 50.8. The predicted octanol–water partition coefficient (Wildman–Crippen LogP) is 3.57. The largest absolute Gasteiger partial charge is 0.378 e. The van der Waals surface area contributed by atoms with E-state index in [1.165, 1.54) is 0 Å². The molecule has 0 radical (unpaired) electrons. The van der Waals surface area contributed by atoms with E-state index in [9.17, 15) is 9.59 Å². The number of carbonyl (C=O) groups excluding carboxylic acids is 2. The fraction of sp³-hybridized carbons (Fsp3) is 0.500. The highest BCUT2D eigenvalue weighted by molar-refractivity contribution is 6.00. The summed E-state index contributed by atoms with van der Waals surface area (Å²) >= 11 is 0. The molecule has 1 aromatic heterocycles. The van der Waals surface area contributed by atoms with Gasteiger partial charge in [0.2, 0.25) is 11.9 Å². The monoisotopic (exact) mass is 644 g/mol. The van der Waals surface area contributed by atoms with E-state index in [-0.39, 0.29) is 11.9 Å². The Bertz CT molecular complexity index is 1480. The molecule has 2 fully saturated rings. The van der Waals surface area contributed by atoms with Gasteiger partial charge in [-0.15, -0.1) is 0 Å². The molecule has 0 spiro atoms. The van der Waals surface area contributed by atoms with Crippen molar-refractivity contribution >= 4 is 35.2 Å². The number of likely N-dealkylation sites (N-methyl/N-ethyl adjacent to an activating group) is 2. The third kappa shape index (κ3) is 9.37. The van der Waals surface area contributed by atoms with E-state index in [0.29, 0.717) is 60.5 Å². The Morgan fingerprint density at radius 1 is 0.766 bits per heavy atom. The number of hydrogen-bond acceptors (Lipinski definition) is 10. The number of amides is 3. The summed E-state index contributed by atoms with van der Waals surface area (Å²) in [5.74, 6) is 1.89. The second-order valence-corrected chi connectivity index (χ2v) is 12.6. The summed E-state index contributed by atoms with van der Waals surface area (Å²) in [6.45, 7) is 12.4. The van der Waals surface area contributed by atoms with Crippen LogP contribution in [0.15, 0.2) is 48.5 Å². The van der Waals surface area contributed by atoms with E-state index in [1.54, 1.807) is 36.2 Å². The van der Waals surface area contributed by atoms with Crippen molar-refractivity contribution in [2.24, 2.45) is 0 Å². The Hall–Kier alpha value is -4.33. The first-order chi connectivity index (χ1) is 22.7. The number of nitrogens with zero attached hydrogens (tertiary/aromatic N) is 8. The number of urea groups is 1. The number of morpholine rings is 1. The lowest BCUT2D eigenvalue weighted by Gasteiger charge is -2.28. The zero-order valence-electron chi connectivity index (χ0n) is 28.3. The van der Waals surface area contributed by atoms with Gasteiger partial charge in [-0.1, -0.05) is 0 Å². The molecule has 252 valence electrons. The molecule has 0 saturated carbocycles. The zero-order chi connectivity index (χ0) is 33.3. The third-order valence-electron chi connectivity index (χ3n) is 8.47.